The summed E-state index contributed by atoms with van der Waals surface area (Å²) in [5.74, 6) is 0. The average molecular weight is 1960 g/mol. The molecular weight excluding hydrogens is 1730 g/mol. The predicted octanol–water partition coefficient (Wildman–Crippen LogP) is 52.4. The van der Waals surface area contributed by atoms with E-state index in [9.17, 15) is 0 Å². The summed E-state index contributed by atoms with van der Waals surface area (Å²) in [7, 11) is 0. The van der Waals surface area contributed by atoms with Crippen LogP contribution in [-0.4, -0.2) is 0 Å². The van der Waals surface area contributed by atoms with E-state index in [0.717, 1.165) is 0 Å². The number of hydrogen-bond acceptors (Lipinski definition) is 0. The molecule has 0 heterocycles. The Morgan fingerprint density at radius 1 is 0.0764 bits per heavy atom. The smallest absolute Gasteiger partial charge is 0.00992 e. The van der Waals surface area contributed by atoms with E-state index in [1.54, 1.807) is 0 Å². The van der Waals surface area contributed by atoms with E-state index in [1.165, 1.54) is 122 Å². The second kappa shape index (κ2) is 144. The van der Waals surface area contributed by atoms with Crippen molar-refractivity contribution in [2.75, 3.05) is 0 Å². The summed E-state index contributed by atoms with van der Waals surface area (Å²) < 4.78 is 0. The topological polar surface area (TPSA) is 0 Å². The lowest BCUT2D eigenvalue weighted by molar-refractivity contribution is 1.50. The van der Waals surface area contributed by atoms with Crippen molar-refractivity contribution in [3.63, 3.8) is 0 Å². The first-order valence-corrected chi connectivity index (χ1v) is 57.5. The zero-order chi connectivity index (χ0) is 114. The number of benzene rings is 16. The van der Waals surface area contributed by atoms with Crippen LogP contribution in [0.2, 0.25) is 0 Å². The number of hydrogen-bond donors (Lipinski definition) is 0. The predicted molar refractivity (Wildman–Crippen MR) is 691 cm³/mol. The maximum absolute atomic E-state index is 2.26. The van der Waals surface area contributed by atoms with E-state index >= 15 is 0 Å². The minimum absolute atomic E-state index is 1.24. The molecule has 0 saturated heterocycles. The first-order chi connectivity index (χ1) is 71.7. The first-order valence-electron chi connectivity index (χ1n) is 57.5. The highest BCUT2D eigenvalue weighted by Gasteiger charge is 2.09. The fraction of sp³-hybridized carbons (Fsp3) is 0.361. The highest BCUT2D eigenvalue weighted by Crippen LogP contribution is 2.35. The van der Waals surface area contributed by atoms with Crippen LogP contribution in [-0.2, 0) is 0 Å². The van der Waals surface area contributed by atoms with Gasteiger partial charge in [-0.1, -0.05) is 766 Å². The van der Waals surface area contributed by atoms with Crippen LogP contribution < -0.4 is 0 Å². The Bertz CT molecular complexity index is 4520. The molecule has 0 atom stereocenters. The minimum atomic E-state index is 1.24. The summed E-state index contributed by atoms with van der Waals surface area (Å²) in [6.45, 7) is 104. The minimum Gasteiger partial charge on any atom is -0.0683 e. The molecule has 0 aromatic heterocycles. The molecule has 0 bridgehead atoms. The molecule has 144 heavy (non-hydrogen) atoms. The van der Waals surface area contributed by atoms with Gasteiger partial charge >= 0.3 is 0 Å². The van der Waals surface area contributed by atoms with Crippen LogP contribution in [0.25, 0.3) is 122 Å². The zero-order valence-electron chi connectivity index (χ0n) is 103. The second-order valence-electron chi connectivity index (χ2n) is 22.3. The van der Waals surface area contributed by atoms with Gasteiger partial charge in [0.05, 0.1) is 0 Å². The standard InChI is InChI=1S/C24H18.C20H14.2C18H14.C12H10.26C2H6/c1-3-9-19(10-4-1)21-13-7-15-23(17-21)24-16-8-14-22(18-24)20-11-5-2-6-12-20;1-3-11-17-15(7-1)9-5-13-19(17)20-14-6-10-16-8-2-4-12-18(16)20;1-3-8-15(9-4-1)17-12-7-13-18(14-17)16-10-5-2-6-11-16;1-3-7-15(8-4-1)17-11-13-18(14-12-17)16-9-5-2-6-10-16;1-3-7-11(8-4-1)12-9-5-2-6-10-12;26*1-2/h1-18H;1-14H;2*1-14H;1-10H;26*1-2H3. The van der Waals surface area contributed by atoms with Crippen molar-refractivity contribution in [3.05, 3.63) is 425 Å². The van der Waals surface area contributed by atoms with E-state index in [1.807, 2.05) is 396 Å². The average Bonchev–Trinajstić information content (AvgIpc) is 0.780. The molecule has 0 fully saturated rings. The van der Waals surface area contributed by atoms with E-state index in [2.05, 4.69) is 388 Å². The maximum Gasteiger partial charge on any atom is -0.00992 e. The molecule has 0 radical (unpaired) electrons. The van der Waals surface area contributed by atoms with Gasteiger partial charge in [-0.3, -0.25) is 0 Å². The van der Waals surface area contributed by atoms with Crippen LogP contribution in [0.4, 0.5) is 0 Å². The number of rotatable bonds is 9. The Morgan fingerprint density at radius 3 is 0.326 bits per heavy atom. The van der Waals surface area contributed by atoms with Crippen LogP contribution in [0, 0.1) is 0 Å². The maximum atomic E-state index is 2.26. The summed E-state index contributed by atoms with van der Waals surface area (Å²) in [6, 6.07) is 149. The van der Waals surface area contributed by atoms with Crippen molar-refractivity contribution >= 4 is 21.5 Å². The van der Waals surface area contributed by atoms with Crippen molar-refractivity contribution in [2.45, 2.75) is 360 Å². The normalized spacial score (nSPS) is 7.72. The van der Waals surface area contributed by atoms with Crippen LogP contribution >= 0.6 is 0 Å². The van der Waals surface area contributed by atoms with Crippen LogP contribution in [0.5, 0.6) is 0 Å². The van der Waals surface area contributed by atoms with Crippen molar-refractivity contribution in [1.29, 1.82) is 0 Å². The summed E-state index contributed by atoms with van der Waals surface area (Å²) in [4.78, 5) is 0. The quantitative estimate of drug-likeness (QED) is 0.135. The third-order valence-electron chi connectivity index (χ3n) is 16.2. The largest absolute Gasteiger partial charge is 0.0683 e. The molecule has 0 amide bonds. The SMILES string of the molecule is CC.CC.CC.CC.CC.CC.CC.CC.CC.CC.CC.CC.CC.CC.CC.CC.CC.CC.CC.CC.CC.CC.CC.CC.CC.CC.c1ccc(-c2ccc(-c3ccccc3)cc2)cc1.c1ccc(-c2cccc(-c3cccc(-c4ccccc4)c3)c2)cc1.c1ccc(-c2cccc(-c3ccccc3)c2)cc1.c1ccc(-c2ccccc2)cc1.c1ccc2c(-c3cccc4ccccc34)cccc2c1. The van der Waals surface area contributed by atoms with Gasteiger partial charge in [-0.2, -0.15) is 0 Å². The third-order valence-corrected chi connectivity index (χ3v) is 16.2. The highest BCUT2D eigenvalue weighted by molar-refractivity contribution is 6.05. The number of fused-ring (bicyclic) bond motifs is 2. The van der Waals surface area contributed by atoms with E-state index in [-0.39, 0.29) is 0 Å². The van der Waals surface area contributed by atoms with Gasteiger partial charge in [-0.25, -0.2) is 0 Å². The molecule has 0 spiro atoms. The highest BCUT2D eigenvalue weighted by atomic mass is 14.1. The van der Waals surface area contributed by atoms with Gasteiger partial charge in [0, 0.05) is 0 Å². The molecular formula is C144H226. The van der Waals surface area contributed by atoms with Crippen LogP contribution in [0.3, 0.4) is 0 Å². The lowest BCUT2D eigenvalue weighted by Crippen LogP contribution is -1.83. The molecule has 16 aromatic rings. The Kier molecular flexibility index (Phi) is 166. The summed E-state index contributed by atoms with van der Waals surface area (Å²) >= 11 is 0. The summed E-state index contributed by atoms with van der Waals surface area (Å²) in [6.07, 6.45) is 0. The zero-order valence-corrected chi connectivity index (χ0v) is 103. The molecule has 0 aliphatic carbocycles. The Morgan fingerprint density at radius 2 is 0.174 bits per heavy atom. The molecule has 802 valence electrons. The van der Waals surface area contributed by atoms with Crippen molar-refractivity contribution in [3.8, 4) is 100 Å². The molecule has 16 rings (SSSR count). The molecule has 0 nitrogen and oxygen atoms in total. The van der Waals surface area contributed by atoms with Crippen LogP contribution in [0.15, 0.2) is 425 Å². The van der Waals surface area contributed by atoms with Crippen molar-refractivity contribution < 1.29 is 0 Å². The lowest BCUT2D eigenvalue weighted by atomic mass is 9.94. The van der Waals surface area contributed by atoms with Crippen molar-refractivity contribution in [2.24, 2.45) is 0 Å². The monoisotopic (exact) mass is 1960 g/mol. The molecule has 0 heteroatoms. The Hall–Kier alpha value is -12.0. The van der Waals surface area contributed by atoms with Gasteiger partial charge in [0.25, 0.3) is 0 Å². The molecule has 16 aromatic carbocycles. The fourth-order valence-electron chi connectivity index (χ4n) is 11.5. The van der Waals surface area contributed by atoms with Gasteiger partial charge in [-0.05, 0) is 140 Å². The van der Waals surface area contributed by atoms with E-state index in [4.69, 9.17) is 0 Å². The Labute approximate surface area is 900 Å². The van der Waals surface area contributed by atoms with Gasteiger partial charge in [-0.15, -0.1) is 0 Å². The van der Waals surface area contributed by atoms with E-state index < -0.39 is 0 Å². The molecule has 0 N–H and O–H groups in total. The van der Waals surface area contributed by atoms with E-state index in [0.29, 0.717) is 0 Å². The molecule has 0 aliphatic rings. The second-order valence-corrected chi connectivity index (χ2v) is 22.3. The molecule has 0 aliphatic heterocycles. The summed E-state index contributed by atoms with van der Waals surface area (Å²) in [5, 5.41) is 5.20. The molecule has 0 saturated carbocycles. The summed E-state index contributed by atoms with van der Waals surface area (Å²) in [5.41, 5.74) is 22.7. The van der Waals surface area contributed by atoms with Gasteiger partial charge in [0.2, 0.25) is 0 Å². The lowest BCUT2D eigenvalue weighted by Gasteiger charge is -2.10. The molecule has 0 unspecified atom stereocenters. The van der Waals surface area contributed by atoms with Crippen LogP contribution in [0.1, 0.15) is 360 Å². The third kappa shape index (κ3) is 74.9. The fourth-order valence-corrected chi connectivity index (χ4v) is 11.5. The Balaban J connectivity index is -0.000000100. The van der Waals surface area contributed by atoms with Gasteiger partial charge in [0.15, 0.2) is 0 Å². The van der Waals surface area contributed by atoms with Crippen molar-refractivity contribution in [1.82, 2.24) is 0 Å². The van der Waals surface area contributed by atoms with Gasteiger partial charge in [0.1, 0.15) is 0 Å². The van der Waals surface area contributed by atoms with Gasteiger partial charge < -0.3 is 0 Å². The first kappa shape index (κ1) is 166.